The Hall–Kier alpha value is -3.75. The van der Waals surface area contributed by atoms with E-state index in [1.807, 2.05) is 81.4 Å². The van der Waals surface area contributed by atoms with E-state index in [-0.39, 0.29) is 11.4 Å². The van der Waals surface area contributed by atoms with Crippen molar-refractivity contribution in [2.75, 3.05) is 29.2 Å². The summed E-state index contributed by atoms with van der Waals surface area (Å²) in [7, 11) is 0. The highest BCUT2D eigenvalue weighted by Gasteiger charge is 2.27. The Morgan fingerprint density at radius 3 is 1.30 bits per heavy atom. The van der Waals surface area contributed by atoms with E-state index < -0.39 is 31.4 Å². The van der Waals surface area contributed by atoms with Gasteiger partial charge in [-0.15, -0.1) is 0 Å². The van der Waals surface area contributed by atoms with Crippen LogP contribution in [0.5, 0.6) is 0 Å². The first-order chi connectivity index (χ1) is 26.9. The molecule has 0 aromatic heterocycles. The molecule has 1 aliphatic heterocycles. The summed E-state index contributed by atoms with van der Waals surface area (Å²) in [5, 5.41) is 45.5. The van der Waals surface area contributed by atoms with Gasteiger partial charge in [0.25, 0.3) is 5.91 Å². The van der Waals surface area contributed by atoms with Gasteiger partial charge < -0.3 is 41.0 Å². The second-order valence-electron chi connectivity index (χ2n) is 16.0. The molecule has 9 N–H and O–H groups in total. The number of rotatable bonds is 23. The van der Waals surface area contributed by atoms with Crippen LogP contribution in [0.3, 0.4) is 0 Å². The number of hydrogen-bond acceptors (Lipinski definition) is 11. The maximum atomic E-state index is 12.7. The number of ether oxygens (including phenoxy) is 2. The standard InChI is InChI=1S/C44H69N7O5/c1-8-12-14-30(10-3)28-55-39(53)33-18-24-36(25-19-33)46-42-48-41(45-35-22-16-32(17-23-35)38(52)51-44(5,6)7)49-43(50-42)47-37-26-20-34(21-27-37)40(54)56-29-31(11-4)15-13-9-2/h16-27,30-31,39-43,45-50,53-54H,8-15,28-29H2,1-7H3,(H,51,52). The third kappa shape index (κ3) is 15.3. The minimum absolute atomic E-state index is 0.125. The second-order valence-corrected chi connectivity index (χ2v) is 16.0. The fourth-order valence-electron chi connectivity index (χ4n) is 6.46. The summed E-state index contributed by atoms with van der Waals surface area (Å²) >= 11 is 0. The van der Waals surface area contributed by atoms with Gasteiger partial charge in [-0.05, 0) is 94.0 Å². The average Bonchev–Trinajstić information content (AvgIpc) is 3.18. The van der Waals surface area contributed by atoms with Crippen molar-refractivity contribution in [2.24, 2.45) is 11.8 Å². The van der Waals surface area contributed by atoms with Crippen LogP contribution in [-0.4, -0.2) is 53.7 Å². The van der Waals surface area contributed by atoms with Gasteiger partial charge in [-0.25, -0.2) is 0 Å². The summed E-state index contributed by atoms with van der Waals surface area (Å²) in [6, 6.07) is 22.5. The zero-order valence-corrected chi connectivity index (χ0v) is 34.7. The second kappa shape index (κ2) is 22.9. The fraction of sp³-hybridized carbons (Fsp3) is 0.568. The van der Waals surface area contributed by atoms with Crippen molar-refractivity contribution in [3.05, 3.63) is 89.5 Å². The summed E-state index contributed by atoms with van der Waals surface area (Å²) in [6.07, 6.45) is 5.73. The van der Waals surface area contributed by atoms with Crippen LogP contribution in [0.2, 0.25) is 0 Å². The molecule has 1 amide bonds. The van der Waals surface area contributed by atoms with Crippen LogP contribution in [0.25, 0.3) is 0 Å². The van der Waals surface area contributed by atoms with Gasteiger partial charge in [0, 0.05) is 39.3 Å². The minimum Gasteiger partial charge on any atom is -0.364 e. The van der Waals surface area contributed by atoms with Crippen LogP contribution in [-0.2, 0) is 9.47 Å². The summed E-state index contributed by atoms with van der Waals surface area (Å²) in [4.78, 5) is 12.7. The lowest BCUT2D eigenvalue weighted by molar-refractivity contribution is -0.114. The molecule has 310 valence electrons. The van der Waals surface area contributed by atoms with Crippen LogP contribution in [0, 0.1) is 11.8 Å². The molecular formula is C44H69N7O5. The van der Waals surface area contributed by atoms with E-state index in [0.29, 0.717) is 41.7 Å². The van der Waals surface area contributed by atoms with Crippen molar-refractivity contribution < 1.29 is 24.5 Å². The van der Waals surface area contributed by atoms with E-state index >= 15 is 0 Å². The Balaban J connectivity index is 1.41. The van der Waals surface area contributed by atoms with E-state index in [9.17, 15) is 15.0 Å². The number of unbranched alkanes of at least 4 members (excludes halogenated alkanes) is 2. The smallest absolute Gasteiger partial charge is 0.251 e. The van der Waals surface area contributed by atoms with Gasteiger partial charge >= 0.3 is 0 Å². The van der Waals surface area contributed by atoms with Gasteiger partial charge in [-0.3, -0.25) is 20.7 Å². The Kier molecular flexibility index (Phi) is 18.3. The van der Waals surface area contributed by atoms with Gasteiger partial charge in [0.2, 0.25) is 0 Å². The minimum atomic E-state index is -0.985. The van der Waals surface area contributed by atoms with Crippen molar-refractivity contribution >= 4 is 23.0 Å². The Morgan fingerprint density at radius 1 is 0.625 bits per heavy atom. The molecule has 0 radical (unpaired) electrons. The summed E-state index contributed by atoms with van der Waals surface area (Å²) in [5.74, 6) is 0.753. The number of aliphatic hydroxyl groups excluding tert-OH is 2. The number of anilines is 3. The van der Waals surface area contributed by atoms with E-state index in [2.05, 4.69) is 64.9 Å². The molecule has 6 atom stereocenters. The van der Waals surface area contributed by atoms with Crippen molar-refractivity contribution in [2.45, 2.75) is 137 Å². The molecule has 0 spiro atoms. The van der Waals surface area contributed by atoms with Crippen molar-refractivity contribution in [3.8, 4) is 0 Å². The zero-order valence-electron chi connectivity index (χ0n) is 34.7. The van der Waals surface area contributed by atoms with E-state index in [4.69, 9.17) is 9.47 Å². The molecule has 0 aliphatic carbocycles. The van der Waals surface area contributed by atoms with E-state index in [0.717, 1.165) is 68.4 Å². The lowest BCUT2D eigenvalue weighted by atomic mass is 10.0. The number of nitrogens with one attached hydrogen (secondary N) is 7. The molecule has 1 fully saturated rings. The quantitative estimate of drug-likeness (QED) is 0.0431. The Labute approximate surface area is 335 Å². The first-order valence-corrected chi connectivity index (χ1v) is 20.7. The monoisotopic (exact) mass is 776 g/mol. The van der Waals surface area contributed by atoms with Crippen LogP contribution >= 0.6 is 0 Å². The number of benzene rings is 3. The zero-order chi connectivity index (χ0) is 40.5. The third-order valence-electron chi connectivity index (χ3n) is 10.0. The third-order valence-corrected chi connectivity index (χ3v) is 10.0. The lowest BCUT2D eigenvalue weighted by Gasteiger charge is -2.40. The Bertz CT molecular complexity index is 1470. The van der Waals surface area contributed by atoms with E-state index in [1.165, 1.54) is 0 Å². The van der Waals surface area contributed by atoms with Crippen LogP contribution in [0.1, 0.15) is 134 Å². The molecular weight excluding hydrogens is 707 g/mol. The summed E-state index contributed by atoms with van der Waals surface area (Å²) in [5.41, 5.74) is 4.15. The average molecular weight is 776 g/mol. The van der Waals surface area contributed by atoms with E-state index in [1.54, 1.807) is 12.1 Å². The highest BCUT2D eigenvalue weighted by atomic mass is 16.6. The lowest BCUT2D eigenvalue weighted by Crippen LogP contribution is -2.73. The van der Waals surface area contributed by atoms with Crippen molar-refractivity contribution in [1.29, 1.82) is 0 Å². The van der Waals surface area contributed by atoms with Crippen LogP contribution in [0.4, 0.5) is 17.1 Å². The van der Waals surface area contributed by atoms with Crippen LogP contribution in [0.15, 0.2) is 72.8 Å². The number of amides is 1. The molecule has 1 saturated heterocycles. The molecule has 3 aromatic carbocycles. The summed E-state index contributed by atoms with van der Waals surface area (Å²) < 4.78 is 11.7. The van der Waals surface area contributed by atoms with Gasteiger partial charge in [0.05, 0.1) is 13.2 Å². The number of carbonyl (C=O) groups is 1. The maximum Gasteiger partial charge on any atom is 0.251 e. The number of aliphatic hydroxyl groups is 2. The highest BCUT2D eigenvalue weighted by Crippen LogP contribution is 2.23. The predicted molar refractivity (Wildman–Crippen MR) is 227 cm³/mol. The summed E-state index contributed by atoms with van der Waals surface area (Å²) in [6.45, 7) is 15.6. The predicted octanol–water partition coefficient (Wildman–Crippen LogP) is 7.93. The molecule has 3 aromatic rings. The van der Waals surface area contributed by atoms with Gasteiger partial charge in [0.15, 0.2) is 12.6 Å². The van der Waals surface area contributed by atoms with Crippen LogP contribution < -0.4 is 37.2 Å². The molecule has 12 nitrogen and oxygen atoms in total. The van der Waals surface area contributed by atoms with Gasteiger partial charge in [-0.1, -0.05) is 90.5 Å². The highest BCUT2D eigenvalue weighted by molar-refractivity contribution is 5.94. The molecule has 1 heterocycles. The Morgan fingerprint density at radius 2 is 0.982 bits per heavy atom. The number of hydrogen-bond donors (Lipinski definition) is 9. The van der Waals surface area contributed by atoms with Gasteiger partial charge in [0.1, 0.15) is 18.9 Å². The molecule has 0 saturated carbocycles. The molecule has 56 heavy (non-hydrogen) atoms. The normalized spacial score (nSPS) is 19.4. The van der Waals surface area contributed by atoms with Crippen molar-refractivity contribution in [3.63, 3.8) is 0 Å². The topological polar surface area (TPSA) is 160 Å². The largest absolute Gasteiger partial charge is 0.364 e. The first-order valence-electron chi connectivity index (χ1n) is 20.7. The molecule has 1 aliphatic rings. The first kappa shape index (κ1) is 45.0. The fourth-order valence-corrected chi connectivity index (χ4v) is 6.46. The molecule has 12 heteroatoms. The number of carbonyl (C=O) groups excluding carboxylic acids is 1. The molecule has 6 unspecified atom stereocenters. The SMILES string of the molecule is CCCCC(CC)COC(O)c1ccc(NC2NC(Nc3ccc(C(=O)NC(C)(C)C)cc3)NC(Nc3ccc(C(O)OCC(CC)CCCC)cc3)N2)cc1. The molecule has 0 bridgehead atoms. The van der Waals surface area contributed by atoms with Crippen molar-refractivity contribution in [1.82, 2.24) is 21.3 Å². The maximum absolute atomic E-state index is 12.7. The van der Waals surface area contributed by atoms with Gasteiger partial charge in [-0.2, -0.15) is 0 Å². The molecule has 4 rings (SSSR count).